The van der Waals surface area contributed by atoms with Crippen LogP contribution in [0.5, 0.6) is 5.75 Å². The van der Waals surface area contributed by atoms with Crippen LogP contribution in [0, 0.1) is 6.92 Å². The SMILES string of the molecule is Cc1cccc(O[C@H](C)C(=O)OCC(=O)N2CCNC2=O)c1. The standard InChI is InChI=1S/C15H18N2O5/c1-10-4-3-5-12(8-10)22-11(2)14(19)21-9-13(18)17-7-6-16-15(17)20/h3-5,8,11H,6-7,9H2,1-2H3,(H,16,20)/t11-/m1/s1. The summed E-state index contributed by atoms with van der Waals surface area (Å²) >= 11 is 0. The molecule has 1 saturated heterocycles. The third kappa shape index (κ3) is 3.97. The number of amides is 3. The van der Waals surface area contributed by atoms with E-state index in [1.807, 2.05) is 19.1 Å². The lowest BCUT2D eigenvalue weighted by Crippen LogP contribution is -2.38. The fourth-order valence-electron chi connectivity index (χ4n) is 1.98. The molecule has 0 aliphatic carbocycles. The van der Waals surface area contributed by atoms with E-state index < -0.39 is 30.6 Å². The summed E-state index contributed by atoms with van der Waals surface area (Å²) in [7, 11) is 0. The van der Waals surface area contributed by atoms with E-state index in [9.17, 15) is 14.4 Å². The van der Waals surface area contributed by atoms with Crippen LogP contribution in [0.25, 0.3) is 0 Å². The molecule has 0 spiro atoms. The molecule has 22 heavy (non-hydrogen) atoms. The number of nitrogens with one attached hydrogen (secondary N) is 1. The van der Waals surface area contributed by atoms with Crippen LogP contribution in [0.2, 0.25) is 0 Å². The van der Waals surface area contributed by atoms with Crippen molar-refractivity contribution in [2.45, 2.75) is 20.0 Å². The van der Waals surface area contributed by atoms with Gasteiger partial charge in [-0.05, 0) is 31.5 Å². The molecule has 1 aromatic rings. The molecule has 1 aromatic carbocycles. The molecule has 7 nitrogen and oxygen atoms in total. The number of ether oxygens (including phenoxy) is 2. The van der Waals surface area contributed by atoms with Crippen LogP contribution in [-0.2, 0) is 14.3 Å². The van der Waals surface area contributed by atoms with Crippen molar-refractivity contribution in [3.8, 4) is 5.75 Å². The predicted octanol–water partition coefficient (Wildman–Crippen LogP) is 0.857. The lowest BCUT2D eigenvalue weighted by atomic mass is 10.2. The summed E-state index contributed by atoms with van der Waals surface area (Å²) in [5, 5.41) is 2.50. The van der Waals surface area contributed by atoms with Crippen molar-refractivity contribution in [1.82, 2.24) is 10.2 Å². The Morgan fingerprint density at radius 3 is 2.82 bits per heavy atom. The summed E-state index contributed by atoms with van der Waals surface area (Å²) in [4.78, 5) is 35.9. The number of nitrogens with zero attached hydrogens (tertiary/aromatic N) is 1. The number of hydrogen-bond donors (Lipinski definition) is 1. The summed E-state index contributed by atoms with van der Waals surface area (Å²) in [6.07, 6.45) is -0.845. The Morgan fingerprint density at radius 2 is 2.18 bits per heavy atom. The van der Waals surface area contributed by atoms with E-state index >= 15 is 0 Å². The molecular weight excluding hydrogens is 288 g/mol. The Kier molecular flexibility index (Phi) is 4.98. The largest absolute Gasteiger partial charge is 0.479 e. The number of carbonyl (C=O) groups is 3. The maximum absolute atomic E-state index is 11.8. The number of urea groups is 1. The highest BCUT2D eigenvalue weighted by atomic mass is 16.6. The normalized spacial score (nSPS) is 15.2. The number of carbonyl (C=O) groups excluding carboxylic acids is 3. The number of esters is 1. The van der Waals surface area contributed by atoms with Gasteiger partial charge < -0.3 is 14.8 Å². The third-order valence-electron chi connectivity index (χ3n) is 3.13. The highest BCUT2D eigenvalue weighted by Gasteiger charge is 2.27. The molecule has 1 atom stereocenters. The molecule has 1 aliphatic heterocycles. The molecular formula is C15H18N2O5. The number of benzene rings is 1. The van der Waals surface area contributed by atoms with Gasteiger partial charge in [0, 0.05) is 13.1 Å². The second-order valence-electron chi connectivity index (χ2n) is 4.96. The van der Waals surface area contributed by atoms with Crippen LogP contribution in [0.3, 0.4) is 0 Å². The molecule has 2 rings (SSSR count). The van der Waals surface area contributed by atoms with Gasteiger partial charge in [0.25, 0.3) is 5.91 Å². The zero-order valence-electron chi connectivity index (χ0n) is 12.5. The summed E-state index contributed by atoms with van der Waals surface area (Å²) in [6, 6.07) is 6.79. The van der Waals surface area contributed by atoms with E-state index in [4.69, 9.17) is 9.47 Å². The van der Waals surface area contributed by atoms with Crippen LogP contribution < -0.4 is 10.1 Å². The Morgan fingerprint density at radius 1 is 1.41 bits per heavy atom. The van der Waals surface area contributed by atoms with Gasteiger partial charge in [-0.3, -0.25) is 9.69 Å². The van der Waals surface area contributed by atoms with Crippen LogP contribution in [-0.4, -0.2) is 48.6 Å². The molecule has 1 heterocycles. The van der Waals surface area contributed by atoms with Gasteiger partial charge in [0.2, 0.25) is 0 Å². The van der Waals surface area contributed by atoms with Crippen molar-refractivity contribution in [3.05, 3.63) is 29.8 Å². The zero-order chi connectivity index (χ0) is 16.1. The van der Waals surface area contributed by atoms with Gasteiger partial charge in [-0.2, -0.15) is 0 Å². The Bertz CT molecular complexity index is 587. The van der Waals surface area contributed by atoms with Gasteiger partial charge in [0.05, 0.1) is 0 Å². The molecule has 1 fully saturated rings. The van der Waals surface area contributed by atoms with Crippen LogP contribution in [0.1, 0.15) is 12.5 Å². The summed E-state index contributed by atoms with van der Waals surface area (Å²) in [5.41, 5.74) is 1.01. The second kappa shape index (κ2) is 6.93. The van der Waals surface area contributed by atoms with Crippen molar-refractivity contribution in [3.63, 3.8) is 0 Å². The smallest absolute Gasteiger partial charge is 0.347 e. The first-order valence-electron chi connectivity index (χ1n) is 6.95. The monoisotopic (exact) mass is 306 g/mol. The van der Waals surface area contributed by atoms with Crippen LogP contribution in [0.4, 0.5) is 4.79 Å². The number of hydrogen-bond acceptors (Lipinski definition) is 5. The molecule has 3 amide bonds. The number of aryl methyl sites for hydroxylation is 1. The molecule has 7 heteroatoms. The van der Waals surface area contributed by atoms with E-state index in [0.29, 0.717) is 12.3 Å². The first kappa shape index (κ1) is 15.8. The first-order chi connectivity index (χ1) is 10.5. The van der Waals surface area contributed by atoms with Gasteiger partial charge in [-0.1, -0.05) is 12.1 Å². The zero-order valence-corrected chi connectivity index (χ0v) is 12.5. The maximum atomic E-state index is 11.8. The van der Waals surface area contributed by atoms with Crippen LogP contribution >= 0.6 is 0 Å². The van der Waals surface area contributed by atoms with E-state index in [1.165, 1.54) is 6.92 Å². The average molecular weight is 306 g/mol. The topological polar surface area (TPSA) is 84.9 Å². The third-order valence-corrected chi connectivity index (χ3v) is 3.13. The summed E-state index contributed by atoms with van der Waals surface area (Å²) in [5.74, 6) is -0.657. The first-order valence-corrected chi connectivity index (χ1v) is 6.95. The molecule has 0 saturated carbocycles. The number of imide groups is 1. The van der Waals surface area contributed by atoms with Gasteiger partial charge in [-0.25, -0.2) is 9.59 Å². The lowest BCUT2D eigenvalue weighted by molar-refractivity contribution is -0.156. The molecule has 0 aromatic heterocycles. The van der Waals surface area contributed by atoms with E-state index in [2.05, 4.69) is 5.32 Å². The fourth-order valence-corrected chi connectivity index (χ4v) is 1.98. The molecule has 0 unspecified atom stereocenters. The molecule has 1 aliphatic rings. The molecule has 118 valence electrons. The minimum Gasteiger partial charge on any atom is -0.479 e. The fraction of sp³-hybridized carbons (Fsp3) is 0.400. The molecule has 0 radical (unpaired) electrons. The highest BCUT2D eigenvalue weighted by molar-refractivity contribution is 5.97. The minimum absolute atomic E-state index is 0.282. The summed E-state index contributed by atoms with van der Waals surface area (Å²) in [6.45, 7) is 3.66. The maximum Gasteiger partial charge on any atom is 0.347 e. The van der Waals surface area contributed by atoms with Crippen molar-refractivity contribution in [1.29, 1.82) is 0 Å². The van der Waals surface area contributed by atoms with Gasteiger partial charge in [0.15, 0.2) is 12.7 Å². The van der Waals surface area contributed by atoms with E-state index in [0.717, 1.165) is 10.5 Å². The van der Waals surface area contributed by atoms with Crippen molar-refractivity contribution in [2.75, 3.05) is 19.7 Å². The highest BCUT2D eigenvalue weighted by Crippen LogP contribution is 2.14. The number of rotatable bonds is 5. The lowest BCUT2D eigenvalue weighted by Gasteiger charge is -2.16. The van der Waals surface area contributed by atoms with Gasteiger partial charge in [-0.15, -0.1) is 0 Å². The van der Waals surface area contributed by atoms with Crippen molar-refractivity contribution >= 4 is 17.9 Å². The quantitative estimate of drug-likeness (QED) is 0.816. The summed E-state index contributed by atoms with van der Waals surface area (Å²) < 4.78 is 10.4. The Hall–Kier alpha value is -2.57. The van der Waals surface area contributed by atoms with Crippen molar-refractivity contribution in [2.24, 2.45) is 0 Å². The second-order valence-corrected chi connectivity index (χ2v) is 4.96. The average Bonchev–Trinajstić information content (AvgIpc) is 2.90. The van der Waals surface area contributed by atoms with E-state index in [1.54, 1.807) is 12.1 Å². The Balaban J connectivity index is 1.81. The van der Waals surface area contributed by atoms with Gasteiger partial charge in [0.1, 0.15) is 5.75 Å². The Labute approximate surface area is 128 Å². The van der Waals surface area contributed by atoms with Crippen molar-refractivity contribution < 1.29 is 23.9 Å². The van der Waals surface area contributed by atoms with Crippen LogP contribution in [0.15, 0.2) is 24.3 Å². The minimum atomic E-state index is -0.845. The molecule has 1 N–H and O–H groups in total. The molecule has 0 bridgehead atoms. The van der Waals surface area contributed by atoms with E-state index in [-0.39, 0.29) is 6.54 Å². The predicted molar refractivity (Wildman–Crippen MR) is 77.3 cm³/mol. The van der Waals surface area contributed by atoms with Gasteiger partial charge >= 0.3 is 12.0 Å².